The Morgan fingerprint density at radius 3 is 2.71 bits per heavy atom. The minimum atomic E-state index is 0.833. The van der Waals surface area contributed by atoms with Crippen LogP contribution in [0.5, 0.6) is 5.75 Å². The predicted molar refractivity (Wildman–Crippen MR) is 86.0 cm³/mol. The van der Waals surface area contributed by atoms with E-state index in [4.69, 9.17) is 4.74 Å². The number of nitrogens with zero attached hydrogens (tertiary/aromatic N) is 1. The molecule has 0 aliphatic rings. The SMILES string of the molecule is CNCc1ccc(Sc2nc3ccc(OC)cc3[nH]2)cc1. The lowest BCUT2D eigenvalue weighted by Gasteiger charge is -2.01. The van der Waals surface area contributed by atoms with Crippen LogP contribution in [0.1, 0.15) is 5.56 Å². The van der Waals surface area contributed by atoms with Gasteiger partial charge in [0.2, 0.25) is 0 Å². The first-order valence-electron chi connectivity index (χ1n) is 6.73. The third kappa shape index (κ3) is 3.20. The molecular formula is C16H17N3OS. The van der Waals surface area contributed by atoms with E-state index in [1.54, 1.807) is 18.9 Å². The number of nitrogens with one attached hydrogen (secondary N) is 2. The molecule has 0 saturated carbocycles. The highest BCUT2D eigenvalue weighted by Gasteiger charge is 2.06. The molecule has 0 unspecified atom stereocenters. The fourth-order valence-electron chi connectivity index (χ4n) is 2.13. The number of fused-ring (bicyclic) bond motifs is 1. The molecule has 0 radical (unpaired) electrons. The summed E-state index contributed by atoms with van der Waals surface area (Å²) in [5, 5.41) is 4.03. The van der Waals surface area contributed by atoms with Gasteiger partial charge in [-0.2, -0.15) is 0 Å². The van der Waals surface area contributed by atoms with Crippen LogP contribution < -0.4 is 10.1 Å². The summed E-state index contributed by atoms with van der Waals surface area (Å²) in [6.07, 6.45) is 0. The molecular weight excluding hydrogens is 282 g/mol. The van der Waals surface area contributed by atoms with E-state index in [1.165, 1.54) is 10.5 Å². The summed E-state index contributed by atoms with van der Waals surface area (Å²) < 4.78 is 5.23. The number of hydrogen-bond acceptors (Lipinski definition) is 4. The molecule has 0 aliphatic carbocycles. The van der Waals surface area contributed by atoms with E-state index in [9.17, 15) is 0 Å². The Kier molecular flexibility index (Phi) is 4.13. The number of ether oxygens (including phenoxy) is 1. The van der Waals surface area contributed by atoms with Crippen molar-refractivity contribution in [1.29, 1.82) is 0 Å². The smallest absolute Gasteiger partial charge is 0.171 e. The first-order chi connectivity index (χ1) is 10.3. The minimum Gasteiger partial charge on any atom is -0.497 e. The van der Waals surface area contributed by atoms with Gasteiger partial charge in [0, 0.05) is 17.5 Å². The molecule has 0 fully saturated rings. The normalized spacial score (nSPS) is 11.0. The maximum absolute atomic E-state index is 5.23. The average Bonchev–Trinajstić information content (AvgIpc) is 2.90. The number of imidazole rings is 1. The average molecular weight is 299 g/mol. The van der Waals surface area contributed by atoms with Gasteiger partial charge in [-0.15, -0.1) is 0 Å². The number of hydrogen-bond donors (Lipinski definition) is 2. The second-order valence-electron chi connectivity index (χ2n) is 4.70. The molecule has 4 nitrogen and oxygen atoms in total. The van der Waals surface area contributed by atoms with Crippen LogP contribution in [0.2, 0.25) is 0 Å². The summed E-state index contributed by atoms with van der Waals surface area (Å²) in [6, 6.07) is 14.3. The quantitative estimate of drug-likeness (QED) is 0.757. The van der Waals surface area contributed by atoms with Gasteiger partial charge in [-0.05, 0) is 36.9 Å². The van der Waals surface area contributed by atoms with Gasteiger partial charge in [0.25, 0.3) is 0 Å². The van der Waals surface area contributed by atoms with E-state index < -0.39 is 0 Å². The highest BCUT2D eigenvalue weighted by molar-refractivity contribution is 7.99. The molecule has 0 aliphatic heterocycles. The van der Waals surface area contributed by atoms with Crippen LogP contribution in [0.15, 0.2) is 52.5 Å². The van der Waals surface area contributed by atoms with Crippen molar-refractivity contribution in [3.8, 4) is 5.75 Å². The van der Waals surface area contributed by atoms with Crippen LogP contribution in [0.3, 0.4) is 0 Å². The van der Waals surface area contributed by atoms with Crippen LogP contribution >= 0.6 is 11.8 Å². The lowest BCUT2D eigenvalue weighted by molar-refractivity contribution is 0.415. The van der Waals surface area contributed by atoms with Crippen LogP contribution in [0.4, 0.5) is 0 Å². The topological polar surface area (TPSA) is 49.9 Å². The largest absolute Gasteiger partial charge is 0.497 e. The van der Waals surface area contributed by atoms with Crippen LogP contribution in [0, 0.1) is 0 Å². The van der Waals surface area contributed by atoms with Crippen LogP contribution in [-0.2, 0) is 6.54 Å². The molecule has 0 spiro atoms. The Labute approximate surface area is 127 Å². The van der Waals surface area contributed by atoms with E-state index in [-0.39, 0.29) is 0 Å². The van der Waals surface area contributed by atoms with Gasteiger partial charge < -0.3 is 15.0 Å². The first kappa shape index (κ1) is 14.0. The van der Waals surface area contributed by atoms with E-state index >= 15 is 0 Å². The molecule has 0 amide bonds. The van der Waals surface area contributed by atoms with Crippen molar-refractivity contribution in [1.82, 2.24) is 15.3 Å². The molecule has 1 aromatic heterocycles. The molecule has 0 atom stereocenters. The van der Waals surface area contributed by atoms with Gasteiger partial charge in [0.15, 0.2) is 5.16 Å². The maximum Gasteiger partial charge on any atom is 0.171 e. The van der Waals surface area contributed by atoms with Crippen molar-refractivity contribution in [3.63, 3.8) is 0 Å². The van der Waals surface area contributed by atoms with Gasteiger partial charge in [-0.3, -0.25) is 0 Å². The number of aromatic nitrogens is 2. The molecule has 2 aromatic carbocycles. The second kappa shape index (κ2) is 6.20. The first-order valence-corrected chi connectivity index (χ1v) is 7.55. The summed E-state index contributed by atoms with van der Waals surface area (Å²) in [4.78, 5) is 9.07. The molecule has 0 bridgehead atoms. The lowest BCUT2D eigenvalue weighted by Crippen LogP contribution is -2.04. The Morgan fingerprint density at radius 1 is 1.19 bits per heavy atom. The zero-order chi connectivity index (χ0) is 14.7. The fourth-order valence-corrected chi connectivity index (χ4v) is 2.93. The van der Waals surface area contributed by atoms with Gasteiger partial charge in [-0.25, -0.2) is 4.98 Å². The molecule has 0 saturated heterocycles. The Bertz CT molecular complexity index is 737. The van der Waals surface area contributed by atoms with Crippen LogP contribution in [0.25, 0.3) is 11.0 Å². The third-order valence-corrected chi connectivity index (χ3v) is 4.08. The van der Waals surface area contributed by atoms with Crippen molar-refractivity contribution in [2.24, 2.45) is 0 Å². The van der Waals surface area contributed by atoms with Crippen molar-refractivity contribution in [3.05, 3.63) is 48.0 Å². The van der Waals surface area contributed by atoms with Gasteiger partial charge in [0.1, 0.15) is 5.75 Å². The van der Waals surface area contributed by atoms with Gasteiger partial charge in [-0.1, -0.05) is 23.9 Å². The Hall–Kier alpha value is -1.98. The number of aromatic amines is 1. The Morgan fingerprint density at radius 2 is 2.00 bits per heavy atom. The number of H-pyrrole nitrogens is 1. The molecule has 2 N–H and O–H groups in total. The van der Waals surface area contributed by atoms with Gasteiger partial charge in [0.05, 0.1) is 18.1 Å². The van der Waals surface area contributed by atoms with Crippen molar-refractivity contribution in [2.45, 2.75) is 16.6 Å². The maximum atomic E-state index is 5.23. The summed E-state index contributed by atoms with van der Waals surface area (Å²) in [7, 11) is 3.62. The molecule has 108 valence electrons. The molecule has 1 heterocycles. The third-order valence-electron chi connectivity index (χ3n) is 3.19. The lowest BCUT2D eigenvalue weighted by atomic mass is 10.2. The zero-order valence-electron chi connectivity index (χ0n) is 12.0. The summed E-state index contributed by atoms with van der Waals surface area (Å²) in [5.41, 5.74) is 3.21. The minimum absolute atomic E-state index is 0.833. The van der Waals surface area contributed by atoms with E-state index in [0.29, 0.717) is 0 Å². The summed E-state index contributed by atoms with van der Waals surface area (Å²) >= 11 is 1.63. The number of rotatable bonds is 5. The van der Waals surface area contributed by atoms with Crippen LogP contribution in [-0.4, -0.2) is 24.1 Å². The molecule has 21 heavy (non-hydrogen) atoms. The zero-order valence-corrected chi connectivity index (χ0v) is 12.8. The summed E-state index contributed by atoms with van der Waals surface area (Å²) in [6.45, 7) is 0.884. The van der Waals surface area contributed by atoms with E-state index in [2.05, 4.69) is 39.6 Å². The van der Waals surface area contributed by atoms with Crippen molar-refractivity contribution in [2.75, 3.05) is 14.2 Å². The Balaban J connectivity index is 1.80. The monoisotopic (exact) mass is 299 g/mol. The molecule has 3 rings (SSSR count). The number of benzene rings is 2. The van der Waals surface area contributed by atoms with Crippen molar-refractivity contribution < 1.29 is 4.74 Å². The molecule has 5 heteroatoms. The second-order valence-corrected chi connectivity index (χ2v) is 5.76. The highest BCUT2D eigenvalue weighted by Crippen LogP contribution is 2.28. The highest BCUT2D eigenvalue weighted by atomic mass is 32.2. The molecule has 3 aromatic rings. The predicted octanol–water partition coefficient (Wildman–Crippen LogP) is 3.44. The van der Waals surface area contributed by atoms with E-state index in [0.717, 1.165) is 28.5 Å². The summed E-state index contributed by atoms with van der Waals surface area (Å²) in [5.74, 6) is 0.833. The van der Waals surface area contributed by atoms with Gasteiger partial charge >= 0.3 is 0 Å². The fraction of sp³-hybridized carbons (Fsp3) is 0.188. The van der Waals surface area contributed by atoms with Crippen molar-refractivity contribution >= 4 is 22.8 Å². The standard InChI is InChI=1S/C16H17N3OS/c1-17-10-11-3-6-13(7-4-11)21-16-18-14-8-5-12(20-2)9-15(14)19-16/h3-9,17H,10H2,1-2H3,(H,18,19). The van der Waals surface area contributed by atoms with E-state index in [1.807, 2.05) is 25.2 Å². The number of methoxy groups -OCH3 is 1.